The van der Waals surface area contributed by atoms with Crippen molar-refractivity contribution in [1.29, 1.82) is 0 Å². The maximum atomic E-state index is 5.06. The molecule has 0 radical (unpaired) electrons. The molecular formula is C13H25N5O. The number of nitrogens with one attached hydrogen (secondary N) is 1. The van der Waals surface area contributed by atoms with E-state index in [9.17, 15) is 0 Å². The molecule has 0 aromatic carbocycles. The summed E-state index contributed by atoms with van der Waals surface area (Å²) in [6.45, 7) is 5.88. The number of rotatable bonds is 6. The topological polar surface area (TPSA) is 64.9 Å². The Morgan fingerprint density at radius 2 is 2.11 bits per heavy atom. The monoisotopic (exact) mass is 267 g/mol. The van der Waals surface area contributed by atoms with Crippen molar-refractivity contribution in [2.24, 2.45) is 0 Å². The van der Waals surface area contributed by atoms with E-state index in [1.807, 2.05) is 4.68 Å². The van der Waals surface area contributed by atoms with Gasteiger partial charge in [0.25, 0.3) is 0 Å². The van der Waals surface area contributed by atoms with Gasteiger partial charge in [-0.2, -0.15) is 0 Å². The van der Waals surface area contributed by atoms with Crippen LogP contribution in [-0.2, 0) is 10.3 Å². The van der Waals surface area contributed by atoms with Gasteiger partial charge in [-0.1, -0.05) is 19.3 Å². The first-order valence-electron chi connectivity index (χ1n) is 7.18. The van der Waals surface area contributed by atoms with E-state index in [4.69, 9.17) is 4.74 Å². The molecule has 0 aliphatic heterocycles. The molecule has 1 saturated carbocycles. The third kappa shape index (κ3) is 3.30. The van der Waals surface area contributed by atoms with Gasteiger partial charge in [-0.05, 0) is 37.1 Å². The summed E-state index contributed by atoms with van der Waals surface area (Å²) in [7, 11) is 1.71. The summed E-state index contributed by atoms with van der Waals surface area (Å²) in [5.74, 6) is 0.931. The van der Waals surface area contributed by atoms with Gasteiger partial charge in [0.2, 0.25) is 0 Å². The Morgan fingerprint density at radius 1 is 1.37 bits per heavy atom. The molecule has 0 bridgehead atoms. The molecule has 108 valence electrons. The maximum Gasteiger partial charge on any atom is 0.168 e. The third-order valence-electron chi connectivity index (χ3n) is 4.08. The Labute approximate surface area is 114 Å². The van der Waals surface area contributed by atoms with E-state index in [1.54, 1.807) is 7.11 Å². The standard InChI is InChI=1S/C13H25N5O/c1-11(14-9-10-19-3)12-15-16-17-18(12)13(2)7-5-4-6-8-13/h11,14H,4-10H2,1-3H3. The largest absolute Gasteiger partial charge is 0.383 e. The zero-order valence-electron chi connectivity index (χ0n) is 12.2. The van der Waals surface area contributed by atoms with Crippen molar-refractivity contribution in [3.8, 4) is 0 Å². The van der Waals surface area contributed by atoms with Gasteiger partial charge in [0, 0.05) is 13.7 Å². The van der Waals surface area contributed by atoms with E-state index >= 15 is 0 Å². The number of hydrogen-bond acceptors (Lipinski definition) is 5. The minimum atomic E-state index is 0.0777. The summed E-state index contributed by atoms with van der Waals surface area (Å²) < 4.78 is 7.09. The quantitative estimate of drug-likeness (QED) is 0.794. The second-order valence-electron chi connectivity index (χ2n) is 5.68. The number of nitrogens with zero attached hydrogens (tertiary/aromatic N) is 4. The first-order chi connectivity index (χ1) is 9.17. The summed E-state index contributed by atoms with van der Waals surface area (Å²) in [4.78, 5) is 0. The van der Waals surface area contributed by atoms with Crippen molar-refractivity contribution >= 4 is 0 Å². The van der Waals surface area contributed by atoms with Gasteiger partial charge < -0.3 is 10.1 Å². The van der Waals surface area contributed by atoms with Crippen LogP contribution in [0.5, 0.6) is 0 Å². The Hall–Kier alpha value is -1.01. The van der Waals surface area contributed by atoms with E-state index in [0.717, 1.165) is 25.2 Å². The molecule has 6 nitrogen and oxygen atoms in total. The summed E-state index contributed by atoms with van der Waals surface area (Å²) in [6.07, 6.45) is 6.18. The maximum absolute atomic E-state index is 5.06. The fourth-order valence-corrected chi connectivity index (χ4v) is 2.84. The number of aromatic nitrogens is 4. The normalized spacial score (nSPS) is 20.4. The molecule has 2 rings (SSSR count). The van der Waals surface area contributed by atoms with Crippen LogP contribution >= 0.6 is 0 Å². The first kappa shape index (κ1) is 14.4. The Balaban J connectivity index is 2.08. The van der Waals surface area contributed by atoms with Gasteiger partial charge in [0.1, 0.15) is 0 Å². The number of ether oxygens (including phenoxy) is 1. The van der Waals surface area contributed by atoms with Crippen molar-refractivity contribution in [2.75, 3.05) is 20.3 Å². The molecule has 1 aromatic heterocycles. The SMILES string of the molecule is COCCNC(C)c1nnnn1C1(C)CCCCC1. The van der Waals surface area contributed by atoms with Gasteiger partial charge in [0.15, 0.2) is 5.82 Å². The lowest BCUT2D eigenvalue weighted by molar-refractivity contribution is 0.179. The number of hydrogen-bond donors (Lipinski definition) is 1. The van der Waals surface area contributed by atoms with Crippen LogP contribution in [0.4, 0.5) is 0 Å². The van der Waals surface area contributed by atoms with Crippen LogP contribution in [0.1, 0.15) is 57.8 Å². The molecule has 1 aliphatic carbocycles. The predicted molar refractivity (Wildman–Crippen MR) is 72.8 cm³/mol. The Kier molecular flexibility index (Phi) is 4.87. The van der Waals surface area contributed by atoms with Crippen molar-refractivity contribution in [2.45, 2.75) is 57.5 Å². The van der Waals surface area contributed by atoms with Crippen LogP contribution < -0.4 is 5.32 Å². The zero-order valence-corrected chi connectivity index (χ0v) is 12.2. The van der Waals surface area contributed by atoms with Crippen molar-refractivity contribution in [1.82, 2.24) is 25.5 Å². The number of tetrazole rings is 1. The highest BCUT2D eigenvalue weighted by Gasteiger charge is 2.33. The lowest BCUT2D eigenvalue weighted by Gasteiger charge is -2.34. The van der Waals surface area contributed by atoms with Gasteiger partial charge in [-0.25, -0.2) is 4.68 Å². The van der Waals surface area contributed by atoms with Crippen LogP contribution in [0.25, 0.3) is 0 Å². The molecule has 1 unspecified atom stereocenters. The van der Waals surface area contributed by atoms with Crippen LogP contribution in [0.2, 0.25) is 0 Å². The van der Waals surface area contributed by atoms with Gasteiger partial charge in [-0.15, -0.1) is 5.10 Å². The van der Waals surface area contributed by atoms with E-state index < -0.39 is 0 Å². The predicted octanol–water partition coefficient (Wildman–Crippen LogP) is 1.65. The molecule has 1 heterocycles. The van der Waals surface area contributed by atoms with Crippen LogP contribution in [0, 0.1) is 0 Å². The minimum absolute atomic E-state index is 0.0777. The van der Waals surface area contributed by atoms with E-state index in [2.05, 4.69) is 34.7 Å². The summed E-state index contributed by atoms with van der Waals surface area (Å²) in [6, 6.07) is 0.143. The zero-order chi connectivity index (χ0) is 13.7. The Bertz CT molecular complexity index is 386. The van der Waals surface area contributed by atoms with Gasteiger partial charge in [-0.3, -0.25) is 0 Å². The summed E-state index contributed by atoms with van der Waals surface area (Å²) >= 11 is 0. The minimum Gasteiger partial charge on any atom is -0.383 e. The summed E-state index contributed by atoms with van der Waals surface area (Å²) in [5.41, 5.74) is 0.0777. The van der Waals surface area contributed by atoms with Gasteiger partial charge >= 0.3 is 0 Å². The van der Waals surface area contributed by atoms with E-state index in [1.165, 1.54) is 19.3 Å². The molecular weight excluding hydrogens is 242 g/mol. The fourth-order valence-electron chi connectivity index (χ4n) is 2.84. The first-order valence-corrected chi connectivity index (χ1v) is 7.18. The van der Waals surface area contributed by atoms with E-state index in [0.29, 0.717) is 6.61 Å². The Morgan fingerprint density at radius 3 is 2.79 bits per heavy atom. The third-order valence-corrected chi connectivity index (χ3v) is 4.08. The molecule has 0 spiro atoms. The molecule has 0 saturated heterocycles. The van der Waals surface area contributed by atoms with Crippen molar-refractivity contribution in [3.63, 3.8) is 0 Å². The van der Waals surface area contributed by atoms with Crippen LogP contribution in [0.15, 0.2) is 0 Å². The molecule has 1 aliphatic rings. The highest BCUT2D eigenvalue weighted by atomic mass is 16.5. The summed E-state index contributed by atoms with van der Waals surface area (Å²) in [5, 5.41) is 15.7. The molecule has 1 N–H and O–H groups in total. The van der Waals surface area contributed by atoms with Crippen LogP contribution in [-0.4, -0.2) is 40.5 Å². The molecule has 1 atom stereocenters. The molecule has 0 amide bonds. The van der Waals surface area contributed by atoms with Crippen molar-refractivity contribution in [3.05, 3.63) is 5.82 Å². The average molecular weight is 267 g/mol. The van der Waals surface area contributed by atoms with Crippen LogP contribution in [0.3, 0.4) is 0 Å². The molecule has 6 heteroatoms. The fraction of sp³-hybridized carbons (Fsp3) is 0.923. The van der Waals surface area contributed by atoms with Crippen molar-refractivity contribution < 1.29 is 4.74 Å². The molecule has 19 heavy (non-hydrogen) atoms. The smallest absolute Gasteiger partial charge is 0.168 e. The van der Waals surface area contributed by atoms with E-state index in [-0.39, 0.29) is 11.6 Å². The number of methoxy groups -OCH3 is 1. The molecule has 1 fully saturated rings. The highest BCUT2D eigenvalue weighted by molar-refractivity contribution is 4.97. The average Bonchev–Trinajstić information content (AvgIpc) is 2.90. The highest BCUT2D eigenvalue weighted by Crippen LogP contribution is 2.35. The second kappa shape index (κ2) is 6.43. The lowest BCUT2D eigenvalue weighted by Crippen LogP contribution is -2.37. The molecule has 1 aromatic rings. The van der Waals surface area contributed by atoms with Gasteiger partial charge in [0.05, 0.1) is 18.2 Å². The second-order valence-corrected chi connectivity index (χ2v) is 5.68. The lowest BCUT2D eigenvalue weighted by atomic mass is 9.83.